The van der Waals surface area contributed by atoms with Crippen molar-refractivity contribution in [2.24, 2.45) is 5.10 Å². The smallest absolute Gasteiger partial charge is 0.416 e. The number of hydrogen-bond donors (Lipinski definition) is 2. The molecule has 6 nitrogen and oxygen atoms in total. The van der Waals surface area contributed by atoms with Crippen molar-refractivity contribution in [1.29, 1.82) is 0 Å². The second-order valence-electron chi connectivity index (χ2n) is 8.75. The van der Waals surface area contributed by atoms with E-state index in [0.717, 1.165) is 23.1 Å². The van der Waals surface area contributed by atoms with Crippen LogP contribution in [0, 0.1) is 0 Å². The zero-order valence-corrected chi connectivity index (χ0v) is 23.1. The Morgan fingerprint density at radius 2 is 1.71 bits per heavy atom. The molecule has 0 bridgehead atoms. The Morgan fingerprint density at radius 1 is 0.951 bits per heavy atom. The van der Waals surface area contributed by atoms with Crippen LogP contribution in [0.5, 0.6) is 5.75 Å². The Morgan fingerprint density at radius 3 is 2.46 bits per heavy atom. The fourth-order valence-electron chi connectivity index (χ4n) is 4.17. The van der Waals surface area contributed by atoms with Crippen molar-refractivity contribution in [2.45, 2.75) is 6.18 Å². The molecule has 0 unspecified atom stereocenters. The molecule has 0 radical (unpaired) electrons. The van der Waals surface area contributed by atoms with Gasteiger partial charge in [-0.15, -0.1) is 0 Å². The lowest BCUT2D eigenvalue weighted by Gasteiger charge is -2.10. The van der Waals surface area contributed by atoms with Gasteiger partial charge in [-0.1, -0.05) is 76.1 Å². The number of fused-ring (bicyclic) bond motifs is 1. The molecule has 1 amide bonds. The maximum atomic E-state index is 13.3. The summed E-state index contributed by atoms with van der Waals surface area (Å²) in [6.45, 7) is 0. The number of carbonyl (C=O) groups is 2. The Labute approximate surface area is 244 Å². The number of halogens is 5. The van der Waals surface area contributed by atoms with Gasteiger partial charge in [0.05, 0.1) is 27.9 Å². The average Bonchev–Trinajstić information content (AvgIpc) is 3.35. The summed E-state index contributed by atoms with van der Waals surface area (Å²) in [5.74, 6) is -1.51. The van der Waals surface area contributed by atoms with Gasteiger partial charge in [-0.2, -0.15) is 18.3 Å². The number of nitrogens with one attached hydrogen (secondary N) is 2. The van der Waals surface area contributed by atoms with Crippen molar-refractivity contribution < 1.29 is 27.5 Å². The van der Waals surface area contributed by atoms with Crippen LogP contribution in [-0.2, 0) is 6.18 Å². The summed E-state index contributed by atoms with van der Waals surface area (Å²) in [7, 11) is 0. The van der Waals surface area contributed by atoms with Crippen LogP contribution in [0.1, 0.15) is 32.0 Å². The molecule has 0 aliphatic carbocycles. The second kappa shape index (κ2) is 11.6. The molecular formula is C30H18BrClF3N3O3. The van der Waals surface area contributed by atoms with E-state index < -0.39 is 23.6 Å². The van der Waals surface area contributed by atoms with Crippen LogP contribution in [0.3, 0.4) is 0 Å². The van der Waals surface area contributed by atoms with Crippen molar-refractivity contribution in [3.05, 3.63) is 123 Å². The van der Waals surface area contributed by atoms with Crippen molar-refractivity contribution in [1.82, 2.24) is 10.4 Å². The highest BCUT2D eigenvalue weighted by molar-refractivity contribution is 9.10. The van der Waals surface area contributed by atoms with Crippen molar-refractivity contribution >= 4 is 56.5 Å². The molecule has 0 spiro atoms. The second-order valence-corrected chi connectivity index (χ2v) is 10.1. The zero-order chi connectivity index (χ0) is 29.1. The van der Waals surface area contributed by atoms with Crippen molar-refractivity contribution in [3.63, 3.8) is 0 Å². The zero-order valence-electron chi connectivity index (χ0n) is 20.8. The first-order chi connectivity index (χ1) is 19.6. The Bertz CT molecular complexity index is 1800. The number of hydrazone groups is 1. The molecule has 4 aromatic carbocycles. The van der Waals surface area contributed by atoms with E-state index in [9.17, 15) is 22.8 Å². The fraction of sp³-hybridized carbons (Fsp3) is 0.0333. The lowest BCUT2D eigenvalue weighted by atomic mass is 10.0. The number of nitrogens with zero attached hydrogens (tertiary/aromatic N) is 1. The van der Waals surface area contributed by atoms with E-state index in [1.165, 1.54) is 18.3 Å². The Balaban J connectivity index is 1.40. The molecule has 2 N–H and O–H groups in total. The van der Waals surface area contributed by atoms with Gasteiger partial charge in [-0.05, 0) is 48.0 Å². The molecule has 0 aliphatic rings. The molecule has 0 atom stereocenters. The molecule has 1 heterocycles. The van der Waals surface area contributed by atoms with Gasteiger partial charge in [0.25, 0.3) is 5.91 Å². The number of aromatic nitrogens is 1. The third kappa shape index (κ3) is 6.18. The van der Waals surface area contributed by atoms with E-state index in [0.29, 0.717) is 26.6 Å². The van der Waals surface area contributed by atoms with E-state index in [-0.39, 0.29) is 22.6 Å². The highest BCUT2D eigenvalue weighted by Gasteiger charge is 2.31. The summed E-state index contributed by atoms with van der Waals surface area (Å²) in [5, 5.41) is 5.24. The van der Waals surface area contributed by atoms with Gasteiger partial charge in [-0.3, -0.25) is 4.79 Å². The van der Waals surface area contributed by atoms with Crippen LogP contribution in [0.25, 0.3) is 22.0 Å². The van der Waals surface area contributed by atoms with Gasteiger partial charge in [-0.25, -0.2) is 10.2 Å². The molecular weight excluding hydrogens is 623 g/mol. The molecule has 41 heavy (non-hydrogen) atoms. The first kappa shape index (κ1) is 28.1. The summed E-state index contributed by atoms with van der Waals surface area (Å²) in [4.78, 5) is 29.0. The van der Waals surface area contributed by atoms with Crippen LogP contribution < -0.4 is 10.2 Å². The van der Waals surface area contributed by atoms with Gasteiger partial charge in [0, 0.05) is 21.0 Å². The lowest BCUT2D eigenvalue weighted by molar-refractivity contribution is -0.137. The predicted molar refractivity (Wildman–Crippen MR) is 154 cm³/mol. The molecule has 0 fully saturated rings. The Hall–Kier alpha value is -4.41. The number of alkyl halides is 3. The highest BCUT2D eigenvalue weighted by Crippen LogP contribution is 2.35. The van der Waals surface area contributed by atoms with Gasteiger partial charge in [0.15, 0.2) is 0 Å². The number of rotatable bonds is 6. The van der Waals surface area contributed by atoms with Gasteiger partial charge < -0.3 is 9.72 Å². The molecule has 0 saturated heterocycles. The standard InChI is InChI=1S/C30H18BrClF3N3O3/c31-21-12-13-24(41-29(40)18-8-4-9-20(14-18)30(33,34)35)19(15-21)16-36-38-28(39)27-25(17-6-2-1-3-7-17)22-10-5-11-23(32)26(22)37-27/h1-16,37H,(H,38,39). The number of aromatic amines is 1. The summed E-state index contributed by atoms with van der Waals surface area (Å²) in [6.07, 6.45) is -3.35. The molecule has 5 rings (SSSR count). The first-order valence-electron chi connectivity index (χ1n) is 12.0. The normalized spacial score (nSPS) is 11.6. The summed E-state index contributed by atoms with van der Waals surface area (Å²) in [5.41, 5.74) is 3.78. The van der Waals surface area contributed by atoms with Crippen LogP contribution in [0.2, 0.25) is 5.02 Å². The van der Waals surface area contributed by atoms with Crippen LogP contribution in [0.4, 0.5) is 13.2 Å². The molecule has 0 saturated carbocycles. The fourth-order valence-corrected chi connectivity index (χ4v) is 4.77. The summed E-state index contributed by atoms with van der Waals surface area (Å²) >= 11 is 9.70. The predicted octanol–water partition coefficient (Wildman–Crippen LogP) is 8.25. The third-order valence-electron chi connectivity index (χ3n) is 6.04. The third-order valence-corrected chi connectivity index (χ3v) is 6.85. The monoisotopic (exact) mass is 639 g/mol. The molecule has 0 aliphatic heterocycles. The summed E-state index contributed by atoms with van der Waals surface area (Å²) in [6, 6.07) is 23.2. The van der Waals surface area contributed by atoms with E-state index >= 15 is 0 Å². The lowest BCUT2D eigenvalue weighted by Crippen LogP contribution is -2.19. The average molecular weight is 641 g/mol. The van der Waals surface area contributed by atoms with Gasteiger partial charge in [0.2, 0.25) is 0 Å². The minimum Gasteiger partial charge on any atom is -0.422 e. The topological polar surface area (TPSA) is 83.5 Å². The van der Waals surface area contributed by atoms with Gasteiger partial charge in [0.1, 0.15) is 11.4 Å². The SMILES string of the molecule is O=C(Oc1ccc(Br)cc1C=NNC(=O)c1[nH]c2c(Cl)cccc2c1-c1ccccc1)c1cccc(C(F)(F)F)c1. The molecule has 206 valence electrons. The van der Waals surface area contributed by atoms with Crippen LogP contribution in [-0.4, -0.2) is 23.1 Å². The molecule has 11 heteroatoms. The number of H-pyrrole nitrogens is 1. The minimum atomic E-state index is -4.61. The van der Waals surface area contributed by atoms with Crippen molar-refractivity contribution in [3.8, 4) is 16.9 Å². The number of amides is 1. The maximum Gasteiger partial charge on any atom is 0.416 e. The summed E-state index contributed by atoms with van der Waals surface area (Å²) < 4.78 is 45.2. The molecule has 5 aromatic rings. The van der Waals surface area contributed by atoms with Crippen LogP contribution in [0.15, 0.2) is 101 Å². The highest BCUT2D eigenvalue weighted by atomic mass is 79.9. The number of carbonyl (C=O) groups excluding carboxylic acids is 2. The van der Waals surface area contributed by atoms with E-state index in [4.69, 9.17) is 16.3 Å². The van der Waals surface area contributed by atoms with E-state index in [2.05, 4.69) is 31.4 Å². The minimum absolute atomic E-state index is 0.0241. The van der Waals surface area contributed by atoms with E-state index in [1.54, 1.807) is 24.3 Å². The van der Waals surface area contributed by atoms with Gasteiger partial charge >= 0.3 is 12.1 Å². The van der Waals surface area contributed by atoms with Crippen LogP contribution >= 0.6 is 27.5 Å². The number of benzene rings is 4. The van der Waals surface area contributed by atoms with Crippen molar-refractivity contribution in [2.75, 3.05) is 0 Å². The number of ether oxygens (including phenoxy) is 1. The maximum absolute atomic E-state index is 13.3. The van der Waals surface area contributed by atoms with E-state index in [1.807, 2.05) is 36.4 Å². The number of esters is 1. The number of hydrogen-bond acceptors (Lipinski definition) is 4. The largest absolute Gasteiger partial charge is 0.422 e. The first-order valence-corrected chi connectivity index (χ1v) is 13.2. The Kier molecular flexibility index (Phi) is 7.96. The quantitative estimate of drug-likeness (QED) is 0.0849. The molecule has 1 aromatic heterocycles. The number of para-hydroxylation sites is 1.